The van der Waals surface area contributed by atoms with E-state index in [9.17, 15) is 9.18 Å². The molecule has 0 spiro atoms. The summed E-state index contributed by atoms with van der Waals surface area (Å²) >= 11 is 0. The van der Waals surface area contributed by atoms with Crippen molar-refractivity contribution < 1.29 is 9.18 Å². The van der Waals surface area contributed by atoms with E-state index in [4.69, 9.17) is 0 Å². The molecular formula is C13H19FN2O. The van der Waals surface area contributed by atoms with Crippen LogP contribution in [0.15, 0.2) is 24.3 Å². The summed E-state index contributed by atoms with van der Waals surface area (Å²) in [6, 6.07) is 6.36. The predicted octanol–water partition coefficient (Wildman–Crippen LogP) is 1.48. The van der Waals surface area contributed by atoms with E-state index in [1.807, 2.05) is 13.8 Å². The SMILES string of the molecule is CCN[C@H](C)CNC(=O)Cc1cccc(F)c1. The highest BCUT2D eigenvalue weighted by molar-refractivity contribution is 5.78. The molecule has 94 valence electrons. The lowest BCUT2D eigenvalue weighted by Crippen LogP contribution is -2.39. The fourth-order valence-corrected chi connectivity index (χ4v) is 1.58. The molecular weight excluding hydrogens is 219 g/mol. The number of carbonyl (C=O) groups excluding carboxylic acids is 1. The van der Waals surface area contributed by atoms with Crippen LogP contribution in [-0.4, -0.2) is 25.0 Å². The van der Waals surface area contributed by atoms with Crippen molar-refractivity contribution in [2.45, 2.75) is 26.3 Å². The van der Waals surface area contributed by atoms with E-state index >= 15 is 0 Å². The smallest absolute Gasteiger partial charge is 0.224 e. The molecule has 1 atom stereocenters. The Hall–Kier alpha value is -1.42. The van der Waals surface area contributed by atoms with Gasteiger partial charge in [0.1, 0.15) is 5.82 Å². The van der Waals surface area contributed by atoms with Gasteiger partial charge in [-0.3, -0.25) is 4.79 Å². The standard InChI is InChI=1S/C13H19FN2O/c1-3-15-10(2)9-16-13(17)8-11-5-4-6-12(14)7-11/h4-7,10,15H,3,8-9H2,1-2H3,(H,16,17)/t10-/m1/s1. The lowest BCUT2D eigenvalue weighted by Gasteiger charge is -2.13. The van der Waals surface area contributed by atoms with Crippen molar-refractivity contribution in [3.8, 4) is 0 Å². The predicted molar refractivity (Wildman–Crippen MR) is 66.3 cm³/mol. The van der Waals surface area contributed by atoms with Crippen LogP contribution >= 0.6 is 0 Å². The number of hydrogen-bond donors (Lipinski definition) is 2. The van der Waals surface area contributed by atoms with Gasteiger partial charge < -0.3 is 10.6 Å². The topological polar surface area (TPSA) is 41.1 Å². The van der Waals surface area contributed by atoms with Gasteiger partial charge >= 0.3 is 0 Å². The number of amides is 1. The molecule has 0 bridgehead atoms. The quantitative estimate of drug-likeness (QED) is 0.788. The minimum absolute atomic E-state index is 0.0830. The lowest BCUT2D eigenvalue weighted by molar-refractivity contribution is -0.120. The molecule has 0 aliphatic carbocycles. The highest BCUT2D eigenvalue weighted by Crippen LogP contribution is 2.03. The van der Waals surface area contributed by atoms with Gasteiger partial charge in [-0.05, 0) is 31.2 Å². The number of carbonyl (C=O) groups is 1. The van der Waals surface area contributed by atoms with Crippen LogP contribution < -0.4 is 10.6 Å². The summed E-state index contributed by atoms with van der Waals surface area (Å²) in [5.74, 6) is -0.392. The lowest BCUT2D eigenvalue weighted by atomic mass is 10.1. The monoisotopic (exact) mass is 238 g/mol. The zero-order valence-corrected chi connectivity index (χ0v) is 10.3. The Kier molecular flexibility index (Phi) is 5.63. The van der Waals surface area contributed by atoms with Crippen LogP contribution in [0, 0.1) is 5.82 Å². The average Bonchev–Trinajstić information content (AvgIpc) is 2.27. The molecule has 4 heteroatoms. The second-order valence-electron chi connectivity index (χ2n) is 4.07. The molecule has 0 fully saturated rings. The highest BCUT2D eigenvalue weighted by Gasteiger charge is 2.05. The number of rotatable bonds is 6. The van der Waals surface area contributed by atoms with Gasteiger partial charge in [0, 0.05) is 12.6 Å². The molecule has 0 aromatic heterocycles. The molecule has 0 unspecified atom stereocenters. The van der Waals surface area contributed by atoms with Crippen molar-refractivity contribution in [1.82, 2.24) is 10.6 Å². The van der Waals surface area contributed by atoms with Gasteiger partial charge in [-0.1, -0.05) is 19.1 Å². The third-order valence-corrected chi connectivity index (χ3v) is 2.41. The van der Waals surface area contributed by atoms with E-state index in [0.29, 0.717) is 12.1 Å². The molecule has 0 aliphatic rings. The van der Waals surface area contributed by atoms with Crippen LogP contribution in [0.2, 0.25) is 0 Å². The number of hydrogen-bond acceptors (Lipinski definition) is 2. The summed E-state index contributed by atoms with van der Waals surface area (Å²) in [7, 11) is 0. The van der Waals surface area contributed by atoms with Crippen molar-refractivity contribution in [3.05, 3.63) is 35.6 Å². The second kappa shape index (κ2) is 7.01. The molecule has 0 aliphatic heterocycles. The largest absolute Gasteiger partial charge is 0.354 e. The fraction of sp³-hybridized carbons (Fsp3) is 0.462. The molecule has 1 rings (SSSR count). The summed E-state index contributed by atoms with van der Waals surface area (Å²) in [4.78, 5) is 11.6. The first kappa shape index (κ1) is 13.6. The van der Waals surface area contributed by atoms with E-state index in [1.54, 1.807) is 12.1 Å². The second-order valence-corrected chi connectivity index (χ2v) is 4.07. The van der Waals surface area contributed by atoms with Crippen LogP contribution in [0.25, 0.3) is 0 Å². The third-order valence-electron chi connectivity index (χ3n) is 2.41. The maximum absolute atomic E-state index is 12.9. The first-order valence-corrected chi connectivity index (χ1v) is 5.86. The molecule has 3 nitrogen and oxygen atoms in total. The van der Waals surface area contributed by atoms with Crippen LogP contribution in [0.5, 0.6) is 0 Å². The average molecular weight is 238 g/mol. The van der Waals surface area contributed by atoms with Gasteiger partial charge in [-0.2, -0.15) is 0 Å². The molecule has 0 radical (unpaired) electrons. The minimum Gasteiger partial charge on any atom is -0.354 e. The van der Waals surface area contributed by atoms with Crippen molar-refractivity contribution in [2.24, 2.45) is 0 Å². The Bertz CT molecular complexity index is 368. The molecule has 17 heavy (non-hydrogen) atoms. The summed E-state index contributed by atoms with van der Waals surface area (Å²) in [5, 5.41) is 6.01. The van der Waals surface area contributed by atoms with E-state index < -0.39 is 0 Å². The Morgan fingerprint density at radius 1 is 1.47 bits per heavy atom. The van der Waals surface area contributed by atoms with Gasteiger partial charge in [-0.15, -0.1) is 0 Å². The molecule has 1 amide bonds. The summed E-state index contributed by atoms with van der Waals surface area (Å²) < 4.78 is 12.9. The van der Waals surface area contributed by atoms with E-state index in [-0.39, 0.29) is 24.2 Å². The highest BCUT2D eigenvalue weighted by atomic mass is 19.1. The summed E-state index contributed by atoms with van der Waals surface area (Å²) in [6.45, 7) is 5.49. The normalized spacial score (nSPS) is 12.2. The molecule has 0 saturated carbocycles. The molecule has 0 heterocycles. The minimum atomic E-state index is -0.309. The van der Waals surface area contributed by atoms with Crippen LogP contribution in [0.4, 0.5) is 4.39 Å². The Balaban J connectivity index is 2.34. The number of nitrogens with one attached hydrogen (secondary N) is 2. The van der Waals surface area contributed by atoms with Gasteiger partial charge in [0.15, 0.2) is 0 Å². The molecule has 2 N–H and O–H groups in total. The number of likely N-dealkylation sites (N-methyl/N-ethyl adjacent to an activating group) is 1. The van der Waals surface area contributed by atoms with Crippen molar-refractivity contribution >= 4 is 5.91 Å². The van der Waals surface area contributed by atoms with Crippen molar-refractivity contribution in [3.63, 3.8) is 0 Å². The number of benzene rings is 1. The Morgan fingerprint density at radius 3 is 2.88 bits per heavy atom. The maximum Gasteiger partial charge on any atom is 0.224 e. The third kappa shape index (κ3) is 5.45. The first-order chi connectivity index (χ1) is 8.11. The first-order valence-electron chi connectivity index (χ1n) is 5.86. The zero-order chi connectivity index (χ0) is 12.7. The van der Waals surface area contributed by atoms with Crippen LogP contribution in [-0.2, 0) is 11.2 Å². The van der Waals surface area contributed by atoms with Crippen molar-refractivity contribution in [1.29, 1.82) is 0 Å². The summed E-state index contributed by atoms with van der Waals surface area (Å²) in [6.07, 6.45) is 0.219. The molecule has 1 aromatic rings. The fourth-order valence-electron chi connectivity index (χ4n) is 1.58. The maximum atomic E-state index is 12.9. The molecule has 0 saturated heterocycles. The van der Waals surface area contributed by atoms with Gasteiger partial charge in [0.2, 0.25) is 5.91 Å². The number of halogens is 1. The Morgan fingerprint density at radius 2 is 2.24 bits per heavy atom. The zero-order valence-electron chi connectivity index (χ0n) is 10.3. The molecule has 1 aromatic carbocycles. The van der Waals surface area contributed by atoms with Crippen LogP contribution in [0.3, 0.4) is 0 Å². The Labute approximate surface area is 101 Å². The van der Waals surface area contributed by atoms with Gasteiger partial charge in [0.25, 0.3) is 0 Å². The van der Waals surface area contributed by atoms with Gasteiger partial charge in [0.05, 0.1) is 6.42 Å². The van der Waals surface area contributed by atoms with E-state index in [0.717, 1.165) is 6.54 Å². The van der Waals surface area contributed by atoms with Crippen LogP contribution in [0.1, 0.15) is 19.4 Å². The van der Waals surface area contributed by atoms with E-state index in [2.05, 4.69) is 10.6 Å². The summed E-state index contributed by atoms with van der Waals surface area (Å²) in [5.41, 5.74) is 0.693. The van der Waals surface area contributed by atoms with Crippen molar-refractivity contribution in [2.75, 3.05) is 13.1 Å². The van der Waals surface area contributed by atoms with E-state index in [1.165, 1.54) is 12.1 Å². The van der Waals surface area contributed by atoms with Gasteiger partial charge in [-0.25, -0.2) is 4.39 Å².